The van der Waals surface area contributed by atoms with E-state index in [4.69, 9.17) is 0 Å². The number of carbonyl (C=O) groups excluding carboxylic acids is 1. The Morgan fingerprint density at radius 1 is 0.962 bits per heavy atom. The number of hydrogen-bond donors (Lipinski definition) is 1. The average Bonchev–Trinajstić information content (AvgIpc) is 2.64. The van der Waals surface area contributed by atoms with Crippen LogP contribution in [0, 0.1) is 6.92 Å². The van der Waals surface area contributed by atoms with Gasteiger partial charge in [-0.2, -0.15) is 0 Å². The van der Waals surface area contributed by atoms with E-state index in [-0.39, 0.29) is 6.54 Å². The molecule has 1 aromatic heterocycles. The highest BCUT2D eigenvalue weighted by Gasteiger charge is 2.11. The number of amides is 1. The van der Waals surface area contributed by atoms with Crippen LogP contribution in [0.5, 0.6) is 0 Å². The zero-order chi connectivity index (χ0) is 18.5. The molecule has 3 rings (SSSR count). The van der Waals surface area contributed by atoms with Gasteiger partial charge in [0.1, 0.15) is 6.54 Å². The molecule has 132 valence electrons. The van der Waals surface area contributed by atoms with Crippen molar-refractivity contribution in [1.82, 2.24) is 9.13 Å². The van der Waals surface area contributed by atoms with Crippen LogP contribution in [-0.4, -0.2) is 15.0 Å². The Morgan fingerprint density at radius 3 is 2.38 bits per heavy atom. The lowest BCUT2D eigenvalue weighted by atomic mass is 10.2. The average molecular weight is 349 g/mol. The Morgan fingerprint density at radius 2 is 1.65 bits per heavy atom. The second-order valence-electron chi connectivity index (χ2n) is 6.00. The zero-order valence-corrected chi connectivity index (χ0v) is 14.4. The first-order valence-corrected chi connectivity index (χ1v) is 8.24. The fourth-order valence-corrected chi connectivity index (χ4v) is 2.65. The fraction of sp³-hybridized carbons (Fsp3) is 0.150. The first kappa shape index (κ1) is 17.4. The molecular weight excluding hydrogens is 330 g/mol. The number of anilines is 1. The lowest BCUT2D eigenvalue weighted by molar-refractivity contribution is -0.116. The van der Waals surface area contributed by atoms with Crippen molar-refractivity contribution in [3.63, 3.8) is 0 Å². The van der Waals surface area contributed by atoms with Crippen LogP contribution in [0.3, 0.4) is 0 Å². The van der Waals surface area contributed by atoms with Gasteiger partial charge in [-0.25, -0.2) is 4.79 Å². The molecule has 0 radical (unpaired) electrons. The number of hydrogen-bond acceptors (Lipinski definition) is 3. The van der Waals surface area contributed by atoms with Crippen molar-refractivity contribution in [3.05, 3.63) is 98.8 Å². The minimum atomic E-state index is -0.513. The predicted molar refractivity (Wildman–Crippen MR) is 100 cm³/mol. The number of aryl methyl sites for hydroxylation is 1. The van der Waals surface area contributed by atoms with Gasteiger partial charge in [0.2, 0.25) is 5.91 Å². The van der Waals surface area contributed by atoms with Gasteiger partial charge < -0.3 is 5.32 Å². The molecular formula is C20H19N3O3. The molecule has 0 fully saturated rings. The van der Waals surface area contributed by atoms with Gasteiger partial charge in [0.15, 0.2) is 0 Å². The van der Waals surface area contributed by atoms with Gasteiger partial charge in [0.05, 0.1) is 6.54 Å². The monoisotopic (exact) mass is 349 g/mol. The molecule has 0 aliphatic carbocycles. The molecule has 6 nitrogen and oxygen atoms in total. The van der Waals surface area contributed by atoms with E-state index >= 15 is 0 Å². The van der Waals surface area contributed by atoms with Gasteiger partial charge in [-0.05, 0) is 24.1 Å². The number of rotatable bonds is 5. The molecule has 1 heterocycles. The summed E-state index contributed by atoms with van der Waals surface area (Å²) in [6.07, 6.45) is 1.45. The first-order valence-electron chi connectivity index (χ1n) is 8.24. The van der Waals surface area contributed by atoms with Crippen LogP contribution in [0.4, 0.5) is 5.69 Å². The SMILES string of the molecule is Cc1ccccc1NC(=O)Cn1c(=O)ccn(Cc2ccccc2)c1=O. The maximum atomic E-state index is 12.6. The number of nitrogens with one attached hydrogen (secondary N) is 1. The smallest absolute Gasteiger partial charge is 0.324 e. The van der Waals surface area contributed by atoms with Crippen molar-refractivity contribution >= 4 is 11.6 Å². The number of para-hydroxylation sites is 1. The van der Waals surface area contributed by atoms with Gasteiger partial charge in [0.25, 0.3) is 5.56 Å². The van der Waals surface area contributed by atoms with Gasteiger partial charge in [-0.15, -0.1) is 0 Å². The largest absolute Gasteiger partial charge is 0.331 e. The van der Waals surface area contributed by atoms with Crippen LogP contribution >= 0.6 is 0 Å². The lowest BCUT2D eigenvalue weighted by Crippen LogP contribution is -2.41. The molecule has 0 saturated heterocycles. The molecule has 0 atom stereocenters. The van der Waals surface area contributed by atoms with E-state index in [0.717, 1.165) is 15.7 Å². The van der Waals surface area contributed by atoms with Gasteiger partial charge >= 0.3 is 5.69 Å². The number of carbonyl (C=O) groups is 1. The summed E-state index contributed by atoms with van der Waals surface area (Å²) < 4.78 is 2.36. The summed E-state index contributed by atoms with van der Waals surface area (Å²) >= 11 is 0. The molecule has 1 amide bonds. The zero-order valence-electron chi connectivity index (χ0n) is 14.4. The highest BCUT2D eigenvalue weighted by molar-refractivity contribution is 5.91. The molecule has 0 spiro atoms. The molecule has 0 bridgehead atoms. The number of benzene rings is 2. The van der Waals surface area contributed by atoms with Crippen molar-refractivity contribution in [2.45, 2.75) is 20.0 Å². The van der Waals surface area contributed by atoms with Gasteiger partial charge in [0, 0.05) is 18.0 Å². The van der Waals surface area contributed by atoms with Crippen molar-refractivity contribution in [1.29, 1.82) is 0 Å². The van der Waals surface area contributed by atoms with Crippen LogP contribution in [-0.2, 0) is 17.9 Å². The van der Waals surface area contributed by atoms with E-state index < -0.39 is 17.2 Å². The summed E-state index contributed by atoms with van der Waals surface area (Å²) in [5.41, 5.74) is 1.48. The van der Waals surface area contributed by atoms with Crippen molar-refractivity contribution < 1.29 is 4.79 Å². The van der Waals surface area contributed by atoms with Gasteiger partial charge in [-0.1, -0.05) is 48.5 Å². The summed E-state index contributed by atoms with van der Waals surface area (Å²) in [5, 5.41) is 2.74. The summed E-state index contributed by atoms with van der Waals surface area (Å²) in [5.74, 6) is -0.420. The fourth-order valence-electron chi connectivity index (χ4n) is 2.65. The topological polar surface area (TPSA) is 73.1 Å². The first-order chi connectivity index (χ1) is 12.5. The third-order valence-corrected chi connectivity index (χ3v) is 4.06. The molecule has 0 unspecified atom stereocenters. The Labute approximate surface area is 150 Å². The normalized spacial score (nSPS) is 10.5. The second kappa shape index (κ2) is 7.65. The molecule has 1 N–H and O–H groups in total. The van der Waals surface area contributed by atoms with E-state index in [9.17, 15) is 14.4 Å². The van der Waals surface area contributed by atoms with Crippen LogP contribution in [0.25, 0.3) is 0 Å². The molecule has 0 aliphatic rings. The molecule has 2 aromatic carbocycles. The number of nitrogens with zero attached hydrogens (tertiary/aromatic N) is 2. The molecule has 3 aromatic rings. The van der Waals surface area contributed by atoms with Crippen molar-refractivity contribution in [2.75, 3.05) is 5.32 Å². The van der Waals surface area contributed by atoms with E-state index in [1.165, 1.54) is 16.8 Å². The molecule has 0 saturated carbocycles. The predicted octanol–water partition coefficient (Wildman–Crippen LogP) is 2.01. The van der Waals surface area contributed by atoms with Crippen LogP contribution in [0.15, 0.2) is 76.4 Å². The third-order valence-electron chi connectivity index (χ3n) is 4.06. The Hall–Kier alpha value is -3.41. The van der Waals surface area contributed by atoms with E-state index in [0.29, 0.717) is 12.2 Å². The van der Waals surface area contributed by atoms with E-state index in [1.54, 1.807) is 6.07 Å². The summed E-state index contributed by atoms with van der Waals surface area (Å²) in [4.78, 5) is 37.0. The highest BCUT2D eigenvalue weighted by atomic mass is 16.2. The quantitative estimate of drug-likeness (QED) is 0.766. The van der Waals surface area contributed by atoms with Crippen molar-refractivity contribution in [3.8, 4) is 0 Å². The third kappa shape index (κ3) is 3.97. The maximum absolute atomic E-state index is 12.6. The summed E-state index contributed by atoms with van der Waals surface area (Å²) in [7, 11) is 0. The standard InChI is InChI=1S/C20H19N3O3/c1-15-7-5-6-10-17(15)21-18(24)14-23-19(25)11-12-22(20(23)26)13-16-8-3-2-4-9-16/h2-12H,13-14H2,1H3,(H,21,24). The van der Waals surface area contributed by atoms with Crippen LogP contribution in [0.1, 0.15) is 11.1 Å². The second-order valence-corrected chi connectivity index (χ2v) is 6.00. The Kier molecular flexibility index (Phi) is 5.12. The van der Waals surface area contributed by atoms with Gasteiger partial charge in [-0.3, -0.25) is 18.7 Å². The van der Waals surface area contributed by atoms with Crippen LogP contribution < -0.4 is 16.6 Å². The van der Waals surface area contributed by atoms with Crippen molar-refractivity contribution in [2.24, 2.45) is 0 Å². The summed E-state index contributed by atoms with van der Waals surface area (Å²) in [6, 6.07) is 18.1. The lowest BCUT2D eigenvalue weighted by Gasteiger charge is -2.11. The maximum Gasteiger partial charge on any atom is 0.331 e. The highest BCUT2D eigenvalue weighted by Crippen LogP contribution is 2.12. The Balaban J connectivity index is 1.82. The Bertz CT molecular complexity index is 1040. The summed E-state index contributed by atoms with van der Waals surface area (Å²) in [6.45, 7) is 1.87. The van der Waals surface area contributed by atoms with Crippen LogP contribution in [0.2, 0.25) is 0 Å². The minimum absolute atomic E-state index is 0.332. The minimum Gasteiger partial charge on any atom is -0.324 e. The molecule has 6 heteroatoms. The van der Waals surface area contributed by atoms with E-state index in [2.05, 4.69) is 5.32 Å². The molecule has 0 aliphatic heterocycles. The van der Waals surface area contributed by atoms with E-state index in [1.807, 2.05) is 55.5 Å². The number of aromatic nitrogens is 2. The molecule has 26 heavy (non-hydrogen) atoms.